The van der Waals surface area contributed by atoms with E-state index in [0.29, 0.717) is 12.5 Å². The number of benzene rings is 1. The minimum Gasteiger partial charge on any atom is -0.330 e. The van der Waals surface area contributed by atoms with Crippen molar-refractivity contribution >= 4 is 0 Å². The van der Waals surface area contributed by atoms with Crippen molar-refractivity contribution in [2.45, 2.75) is 19.4 Å². The molecule has 3 heteroatoms. The Labute approximate surface area is 84.1 Å². The van der Waals surface area contributed by atoms with Crippen LogP contribution in [0.5, 0.6) is 0 Å². The summed E-state index contributed by atoms with van der Waals surface area (Å²) in [5.41, 5.74) is 12.3. The summed E-state index contributed by atoms with van der Waals surface area (Å²) < 4.78 is 12.9. The van der Waals surface area contributed by atoms with E-state index in [9.17, 15) is 4.39 Å². The fourth-order valence-electron chi connectivity index (χ4n) is 1.40. The van der Waals surface area contributed by atoms with E-state index in [2.05, 4.69) is 0 Å². The summed E-state index contributed by atoms with van der Waals surface area (Å²) in [6.45, 7) is 2.65. The van der Waals surface area contributed by atoms with E-state index in [-0.39, 0.29) is 11.9 Å². The van der Waals surface area contributed by atoms with Crippen LogP contribution in [-0.4, -0.2) is 6.54 Å². The summed E-state index contributed by atoms with van der Waals surface area (Å²) in [6, 6.07) is 6.30. The van der Waals surface area contributed by atoms with Crippen molar-refractivity contribution in [3.05, 3.63) is 35.6 Å². The lowest BCUT2D eigenvalue weighted by molar-refractivity contribution is 0.480. The van der Waals surface area contributed by atoms with Crippen molar-refractivity contribution in [2.24, 2.45) is 17.4 Å². The third-order valence-corrected chi connectivity index (χ3v) is 2.34. The molecule has 0 aromatic heterocycles. The molecule has 2 unspecified atom stereocenters. The van der Waals surface area contributed by atoms with E-state index in [1.54, 1.807) is 6.07 Å². The van der Waals surface area contributed by atoms with Crippen LogP contribution in [0.4, 0.5) is 4.39 Å². The topological polar surface area (TPSA) is 52.0 Å². The Morgan fingerprint density at radius 2 is 2.14 bits per heavy atom. The third-order valence-electron chi connectivity index (χ3n) is 2.34. The summed E-state index contributed by atoms with van der Waals surface area (Å²) in [5.74, 6) is 0.131. The van der Waals surface area contributed by atoms with Crippen molar-refractivity contribution in [1.29, 1.82) is 0 Å². The van der Waals surface area contributed by atoms with E-state index in [1.165, 1.54) is 12.1 Å². The second-order valence-electron chi connectivity index (χ2n) is 3.74. The normalized spacial score (nSPS) is 15.1. The second-order valence-corrected chi connectivity index (χ2v) is 3.74. The molecule has 0 heterocycles. The van der Waals surface area contributed by atoms with Crippen molar-refractivity contribution in [3.63, 3.8) is 0 Å². The zero-order valence-electron chi connectivity index (χ0n) is 8.41. The SMILES string of the molecule is CC(CN)CC(N)c1cccc(F)c1. The first-order chi connectivity index (χ1) is 6.63. The molecule has 0 aliphatic rings. The highest BCUT2D eigenvalue weighted by atomic mass is 19.1. The van der Waals surface area contributed by atoms with Gasteiger partial charge in [0, 0.05) is 6.04 Å². The monoisotopic (exact) mass is 196 g/mol. The first-order valence-corrected chi connectivity index (χ1v) is 4.84. The lowest BCUT2D eigenvalue weighted by Gasteiger charge is -2.16. The number of hydrogen-bond acceptors (Lipinski definition) is 2. The molecular formula is C11H17FN2. The summed E-state index contributed by atoms with van der Waals surface area (Å²) >= 11 is 0. The van der Waals surface area contributed by atoms with Crippen molar-refractivity contribution < 1.29 is 4.39 Å². The number of halogens is 1. The van der Waals surface area contributed by atoms with Gasteiger partial charge in [-0.3, -0.25) is 0 Å². The molecule has 0 aliphatic heterocycles. The average molecular weight is 196 g/mol. The minimum absolute atomic E-state index is 0.121. The third kappa shape index (κ3) is 3.09. The fourth-order valence-corrected chi connectivity index (χ4v) is 1.40. The minimum atomic E-state index is -0.238. The molecule has 4 N–H and O–H groups in total. The summed E-state index contributed by atoms with van der Waals surface area (Å²) in [5, 5.41) is 0. The Kier molecular flexibility index (Phi) is 4.04. The summed E-state index contributed by atoms with van der Waals surface area (Å²) in [7, 11) is 0. The molecule has 0 aliphatic carbocycles. The van der Waals surface area contributed by atoms with E-state index in [0.717, 1.165) is 12.0 Å². The highest BCUT2D eigenvalue weighted by molar-refractivity contribution is 5.19. The van der Waals surface area contributed by atoms with Crippen LogP contribution in [0, 0.1) is 11.7 Å². The van der Waals surface area contributed by atoms with Crippen LogP contribution < -0.4 is 11.5 Å². The predicted octanol–water partition coefficient (Wildman–Crippen LogP) is 1.81. The van der Waals surface area contributed by atoms with Crippen LogP contribution in [0.2, 0.25) is 0 Å². The second kappa shape index (κ2) is 5.08. The molecule has 0 spiro atoms. The Balaban J connectivity index is 2.64. The van der Waals surface area contributed by atoms with Gasteiger partial charge in [0.05, 0.1) is 0 Å². The molecule has 78 valence electrons. The predicted molar refractivity (Wildman–Crippen MR) is 56.2 cm³/mol. The van der Waals surface area contributed by atoms with E-state index < -0.39 is 0 Å². The smallest absolute Gasteiger partial charge is 0.123 e. The number of nitrogens with two attached hydrogens (primary N) is 2. The molecule has 0 saturated carbocycles. The van der Waals surface area contributed by atoms with Gasteiger partial charge in [0.2, 0.25) is 0 Å². The molecule has 0 saturated heterocycles. The Hall–Kier alpha value is -0.930. The van der Waals surface area contributed by atoms with Gasteiger partial charge in [-0.25, -0.2) is 4.39 Å². The van der Waals surface area contributed by atoms with Gasteiger partial charge < -0.3 is 11.5 Å². The molecular weight excluding hydrogens is 179 g/mol. The summed E-state index contributed by atoms with van der Waals surface area (Å²) in [4.78, 5) is 0. The zero-order valence-corrected chi connectivity index (χ0v) is 8.41. The van der Waals surface area contributed by atoms with E-state index in [1.807, 2.05) is 13.0 Å². The molecule has 0 bridgehead atoms. The molecule has 2 nitrogen and oxygen atoms in total. The van der Waals surface area contributed by atoms with Gasteiger partial charge in [0.15, 0.2) is 0 Å². The Morgan fingerprint density at radius 1 is 1.43 bits per heavy atom. The van der Waals surface area contributed by atoms with Gasteiger partial charge >= 0.3 is 0 Å². The van der Waals surface area contributed by atoms with Crippen molar-refractivity contribution in [2.75, 3.05) is 6.54 Å². The Bertz CT molecular complexity index is 288. The van der Waals surface area contributed by atoms with Crippen LogP contribution in [0.1, 0.15) is 24.9 Å². The van der Waals surface area contributed by atoms with Gasteiger partial charge in [0.25, 0.3) is 0 Å². The maximum Gasteiger partial charge on any atom is 0.123 e. The molecule has 1 rings (SSSR count). The lowest BCUT2D eigenvalue weighted by Crippen LogP contribution is -2.19. The first kappa shape index (κ1) is 11.1. The standard InChI is InChI=1S/C11H17FN2/c1-8(7-13)5-11(14)9-3-2-4-10(12)6-9/h2-4,6,8,11H,5,7,13-14H2,1H3. The van der Waals surface area contributed by atoms with E-state index >= 15 is 0 Å². The number of hydrogen-bond donors (Lipinski definition) is 2. The lowest BCUT2D eigenvalue weighted by atomic mass is 9.97. The largest absolute Gasteiger partial charge is 0.330 e. The van der Waals surface area contributed by atoms with Gasteiger partial charge in [0.1, 0.15) is 5.82 Å². The molecule has 0 radical (unpaired) electrons. The van der Waals surface area contributed by atoms with Crippen LogP contribution in [0.25, 0.3) is 0 Å². The quantitative estimate of drug-likeness (QED) is 0.771. The fraction of sp³-hybridized carbons (Fsp3) is 0.455. The van der Waals surface area contributed by atoms with E-state index in [4.69, 9.17) is 11.5 Å². The maximum atomic E-state index is 12.9. The average Bonchev–Trinajstić information content (AvgIpc) is 2.17. The van der Waals surface area contributed by atoms with Crippen LogP contribution in [0.15, 0.2) is 24.3 Å². The molecule has 2 atom stereocenters. The van der Waals surface area contributed by atoms with Crippen LogP contribution in [0.3, 0.4) is 0 Å². The molecule has 1 aromatic rings. The zero-order chi connectivity index (χ0) is 10.6. The molecule has 0 amide bonds. The molecule has 1 aromatic carbocycles. The molecule has 0 fully saturated rings. The van der Waals surface area contributed by atoms with Crippen LogP contribution >= 0.6 is 0 Å². The highest BCUT2D eigenvalue weighted by Gasteiger charge is 2.10. The maximum absolute atomic E-state index is 12.9. The van der Waals surface area contributed by atoms with Gasteiger partial charge in [-0.1, -0.05) is 19.1 Å². The first-order valence-electron chi connectivity index (χ1n) is 4.84. The van der Waals surface area contributed by atoms with Crippen molar-refractivity contribution in [3.8, 4) is 0 Å². The van der Waals surface area contributed by atoms with Gasteiger partial charge in [-0.15, -0.1) is 0 Å². The van der Waals surface area contributed by atoms with Gasteiger partial charge in [-0.2, -0.15) is 0 Å². The summed E-state index contributed by atoms with van der Waals surface area (Å²) in [6.07, 6.45) is 0.792. The van der Waals surface area contributed by atoms with Crippen LogP contribution in [-0.2, 0) is 0 Å². The number of rotatable bonds is 4. The highest BCUT2D eigenvalue weighted by Crippen LogP contribution is 2.18. The molecule has 14 heavy (non-hydrogen) atoms. The Morgan fingerprint density at radius 3 is 2.71 bits per heavy atom. The van der Waals surface area contributed by atoms with Crippen molar-refractivity contribution in [1.82, 2.24) is 0 Å². The van der Waals surface area contributed by atoms with Gasteiger partial charge in [-0.05, 0) is 36.6 Å².